The van der Waals surface area contributed by atoms with Gasteiger partial charge in [-0.05, 0) is 42.5 Å². The summed E-state index contributed by atoms with van der Waals surface area (Å²) in [4.78, 5) is 21.7. The lowest BCUT2D eigenvalue weighted by atomic mass is 10.0. The van der Waals surface area contributed by atoms with Crippen LogP contribution in [0.15, 0.2) is 24.4 Å². The molecule has 6 nitrogen and oxygen atoms in total. The third-order valence-corrected chi connectivity index (χ3v) is 3.96. The fourth-order valence-corrected chi connectivity index (χ4v) is 2.76. The molecule has 1 aliphatic carbocycles. The highest BCUT2D eigenvalue weighted by molar-refractivity contribution is 5.88. The molecule has 0 saturated heterocycles. The van der Waals surface area contributed by atoms with Crippen LogP contribution in [-0.4, -0.2) is 30.2 Å². The van der Waals surface area contributed by atoms with Gasteiger partial charge in [0.25, 0.3) is 0 Å². The van der Waals surface area contributed by atoms with Gasteiger partial charge in [-0.3, -0.25) is 4.90 Å². The van der Waals surface area contributed by atoms with Crippen molar-refractivity contribution in [2.45, 2.75) is 19.3 Å². The topological polar surface area (TPSA) is 81.3 Å². The van der Waals surface area contributed by atoms with Crippen LogP contribution in [0.3, 0.4) is 0 Å². The number of nitrogen functional groups attached to an aromatic ring is 1. The maximum absolute atomic E-state index is 11.7. The maximum Gasteiger partial charge on any atom is 0.413 e. The predicted molar refractivity (Wildman–Crippen MR) is 84.7 cm³/mol. The SMILES string of the molecule is COC(=O)N(C)c1ccc2c(c1)-c1nc(N)ncc1CCC2. The fourth-order valence-electron chi connectivity index (χ4n) is 2.76. The Morgan fingerprint density at radius 3 is 2.86 bits per heavy atom. The van der Waals surface area contributed by atoms with E-state index in [1.54, 1.807) is 13.2 Å². The first-order chi connectivity index (χ1) is 10.6. The molecule has 2 N–H and O–H groups in total. The second kappa shape index (κ2) is 5.63. The molecule has 1 amide bonds. The van der Waals surface area contributed by atoms with E-state index < -0.39 is 6.09 Å². The zero-order valence-electron chi connectivity index (χ0n) is 12.7. The Kier molecular flexibility index (Phi) is 3.66. The Morgan fingerprint density at radius 2 is 2.09 bits per heavy atom. The van der Waals surface area contributed by atoms with Crippen molar-refractivity contribution in [1.82, 2.24) is 9.97 Å². The average Bonchev–Trinajstić information content (AvgIpc) is 2.72. The van der Waals surface area contributed by atoms with Gasteiger partial charge < -0.3 is 10.5 Å². The Morgan fingerprint density at radius 1 is 1.32 bits per heavy atom. The summed E-state index contributed by atoms with van der Waals surface area (Å²) < 4.78 is 4.77. The Bertz CT molecular complexity index is 730. The predicted octanol–water partition coefficient (Wildman–Crippen LogP) is 2.42. The lowest BCUT2D eigenvalue weighted by Gasteiger charge is -2.18. The molecule has 2 aromatic rings. The first kappa shape index (κ1) is 14.3. The quantitative estimate of drug-likeness (QED) is 0.874. The second-order valence-electron chi connectivity index (χ2n) is 5.33. The van der Waals surface area contributed by atoms with Crippen LogP contribution < -0.4 is 10.6 Å². The lowest BCUT2D eigenvalue weighted by molar-refractivity contribution is 0.180. The van der Waals surface area contributed by atoms with Gasteiger partial charge in [-0.1, -0.05) is 6.07 Å². The van der Waals surface area contributed by atoms with Gasteiger partial charge in [0.2, 0.25) is 5.95 Å². The van der Waals surface area contributed by atoms with Crippen molar-refractivity contribution in [1.29, 1.82) is 0 Å². The molecule has 6 heteroatoms. The molecule has 0 unspecified atom stereocenters. The molecular formula is C16H18N4O2. The number of aromatic nitrogens is 2. The molecule has 0 aliphatic heterocycles. The van der Waals surface area contributed by atoms with E-state index in [9.17, 15) is 4.79 Å². The summed E-state index contributed by atoms with van der Waals surface area (Å²) in [5, 5.41) is 0. The number of methoxy groups -OCH3 is 1. The summed E-state index contributed by atoms with van der Waals surface area (Å²) in [6.45, 7) is 0. The van der Waals surface area contributed by atoms with Crippen molar-refractivity contribution in [3.05, 3.63) is 35.5 Å². The van der Waals surface area contributed by atoms with Crippen molar-refractivity contribution in [2.24, 2.45) is 0 Å². The van der Waals surface area contributed by atoms with Crippen LogP contribution in [0.25, 0.3) is 11.3 Å². The minimum Gasteiger partial charge on any atom is -0.452 e. The third-order valence-electron chi connectivity index (χ3n) is 3.96. The minimum atomic E-state index is -0.406. The van der Waals surface area contributed by atoms with Gasteiger partial charge in [-0.25, -0.2) is 14.8 Å². The normalized spacial score (nSPS) is 12.8. The number of hydrogen-bond donors (Lipinski definition) is 1. The van der Waals surface area contributed by atoms with E-state index in [0.29, 0.717) is 0 Å². The van der Waals surface area contributed by atoms with Crippen LogP contribution in [0.1, 0.15) is 17.5 Å². The van der Waals surface area contributed by atoms with Gasteiger partial charge in [-0.15, -0.1) is 0 Å². The van der Waals surface area contributed by atoms with Gasteiger partial charge >= 0.3 is 6.09 Å². The number of rotatable bonds is 1. The van der Waals surface area contributed by atoms with Crippen LogP contribution in [-0.2, 0) is 17.6 Å². The van der Waals surface area contributed by atoms with Gasteiger partial charge in [0, 0.05) is 24.5 Å². The monoisotopic (exact) mass is 298 g/mol. The van der Waals surface area contributed by atoms with E-state index >= 15 is 0 Å². The first-order valence-electron chi connectivity index (χ1n) is 7.16. The van der Waals surface area contributed by atoms with Crippen LogP contribution in [0.2, 0.25) is 0 Å². The number of carbonyl (C=O) groups is 1. The molecule has 0 fully saturated rings. The van der Waals surface area contributed by atoms with E-state index in [4.69, 9.17) is 10.5 Å². The number of amides is 1. The van der Waals surface area contributed by atoms with E-state index in [-0.39, 0.29) is 5.95 Å². The number of ether oxygens (including phenoxy) is 1. The highest BCUT2D eigenvalue weighted by atomic mass is 16.5. The van der Waals surface area contributed by atoms with Crippen molar-refractivity contribution in [2.75, 3.05) is 24.8 Å². The van der Waals surface area contributed by atoms with Gasteiger partial charge in [0.1, 0.15) is 0 Å². The minimum absolute atomic E-state index is 0.262. The Hall–Kier alpha value is -2.63. The number of carbonyl (C=O) groups excluding carboxylic acids is 1. The Labute approximate surface area is 128 Å². The number of benzene rings is 1. The molecule has 0 radical (unpaired) electrons. The zero-order valence-corrected chi connectivity index (χ0v) is 12.7. The van der Waals surface area contributed by atoms with E-state index in [1.165, 1.54) is 17.6 Å². The standard InChI is InChI=1S/C16H18N4O2/c1-20(16(21)22-2)12-7-6-10-4-3-5-11-9-18-15(17)19-14(11)13(10)8-12/h6-9H,3-5H2,1-2H3,(H2,17,18,19). The van der Waals surface area contributed by atoms with E-state index in [1.807, 2.05) is 18.2 Å². The van der Waals surface area contributed by atoms with Crippen molar-refractivity contribution in [3.8, 4) is 11.3 Å². The number of nitrogens with zero attached hydrogens (tertiary/aromatic N) is 3. The molecule has 1 heterocycles. The second-order valence-corrected chi connectivity index (χ2v) is 5.33. The zero-order chi connectivity index (χ0) is 15.7. The maximum atomic E-state index is 11.7. The Balaban J connectivity index is 2.13. The number of nitrogens with two attached hydrogens (primary N) is 1. The fraction of sp³-hybridized carbons (Fsp3) is 0.312. The van der Waals surface area contributed by atoms with Gasteiger partial charge in [-0.2, -0.15) is 0 Å². The molecular weight excluding hydrogens is 280 g/mol. The van der Waals surface area contributed by atoms with Crippen molar-refractivity contribution >= 4 is 17.7 Å². The summed E-state index contributed by atoms with van der Waals surface area (Å²) in [6.07, 6.45) is 4.32. The van der Waals surface area contributed by atoms with Gasteiger partial charge in [0.05, 0.1) is 12.8 Å². The van der Waals surface area contributed by atoms with Crippen LogP contribution in [0, 0.1) is 0 Å². The van der Waals surface area contributed by atoms with Crippen LogP contribution in [0.4, 0.5) is 16.4 Å². The summed E-state index contributed by atoms with van der Waals surface area (Å²) >= 11 is 0. The molecule has 1 aromatic heterocycles. The molecule has 0 spiro atoms. The molecule has 0 saturated carbocycles. The van der Waals surface area contributed by atoms with Crippen LogP contribution >= 0.6 is 0 Å². The lowest BCUT2D eigenvalue weighted by Crippen LogP contribution is -2.25. The molecule has 22 heavy (non-hydrogen) atoms. The molecule has 0 atom stereocenters. The summed E-state index contributed by atoms with van der Waals surface area (Å²) in [7, 11) is 3.05. The number of aryl methyl sites for hydroxylation is 2. The summed E-state index contributed by atoms with van der Waals surface area (Å²) in [5.41, 5.74) is 10.7. The number of anilines is 2. The van der Waals surface area contributed by atoms with Crippen molar-refractivity contribution < 1.29 is 9.53 Å². The molecule has 1 aliphatic rings. The molecule has 114 valence electrons. The molecule has 1 aromatic carbocycles. The van der Waals surface area contributed by atoms with Crippen molar-refractivity contribution in [3.63, 3.8) is 0 Å². The molecule has 3 rings (SSSR count). The smallest absolute Gasteiger partial charge is 0.413 e. The first-order valence-corrected chi connectivity index (χ1v) is 7.16. The summed E-state index contributed by atoms with van der Waals surface area (Å²) in [5.74, 6) is 0.262. The van der Waals surface area contributed by atoms with Gasteiger partial charge in [0.15, 0.2) is 0 Å². The average molecular weight is 298 g/mol. The third kappa shape index (κ3) is 2.47. The largest absolute Gasteiger partial charge is 0.452 e. The van der Waals surface area contributed by atoms with E-state index in [0.717, 1.165) is 41.8 Å². The number of hydrogen-bond acceptors (Lipinski definition) is 5. The number of fused-ring (bicyclic) bond motifs is 3. The highest BCUT2D eigenvalue weighted by Crippen LogP contribution is 2.33. The van der Waals surface area contributed by atoms with Crippen LogP contribution in [0.5, 0.6) is 0 Å². The highest BCUT2D eigenvalue weighted by Gasteiger charge is 2.19. The summed E-state index contributed by atoms with van der Waals surface area (Å²) in [6, 6.07) is 5.92. The molecule has 0 bridgehead atoms. The van der Waals surface area contributed by atoms with E-state index in [2.05, 4.69) is 9.97 Å².